The summed E-state index contributed by atoms with van der Waals surface area (Å²) in [6.45, 7) is 4.40. The highest BCUT2D eigenvalue weighted by Crippen LogP contribution is 2.29. The molecule has 0 bridgehead atoms. The Hall–Kier alpha value is -3.91. The Morgan fingerprint density at radius 3 is 2.37 bits per heavy atom. The van der Waals surface area contributed by atoms with E-state index in [2.05, 4.69) is 27.3 Å². The summed E-state index contributed by atoms with van der Waals surface area (Å²) in [5.41, 5.74) is 4.00. The summed E-state index contributed by atoms with van der Waals surface area (Å²) in [4.78, 5) is 39.3. The van der Waals surface area contributed by atoms with Crippen LogP contribution in [-0.2, 0) is 16.2 Å². The molecule has 4 rings (SSSR count). The monoisotopic (exact) mass is 534 g/mol. The zero-order valence-electron chi connectivity index (χ0n) is 19.4. The normalized spacial score (nSPS) is 14.8. The molecule has 1 heterocycles. The minimum absolute atomic E-state index is 0.186. The molecule has 1 aliphatic heterocycles. The van der Waals surface area contributed by atoms with E-state index < -0.39 is 17.8 Å². The number of barbiturate groups is 1. The second kappa shape index (κ2) is 10.1. The van der Waals surface area contributed by atoms with Crippen LogP contribution < -0.4 is 19.7 Å². The van der Waals surface area contributed by atoms with Crippen LogP contribution >= 0.6 is 15.9 Å². The molecule has 1 N–H and O–H groups in total. The van der Waals surface area contributed by atoms with Gasteiger partial charge in [-0.25, -0.2) is 9.69 Å². The van der Waals surface area contributed by atoms with E-state index in [0.717, 1.165) is 20.5 Å². The molecule has 0 aromatic heterocycles. The maximum Gasteiger partial charge on any atom is 0.335 e. The van der Waals surface area contributed by atoms with Crippen LogP contribution in [0, 0.1) is 13.8 Å². The minimum Gasteiger partial charge on any atom is -0.497 e. The van der Waals surface area contributed by atoms with Gasteiger partial charge in [-0.15, -0.1) is 0 Å². The number of benzene rings is 3. The van der Waals surface area contributed by atoms with Crippen LogP contribution in [0.5, 0.6) is 11.5 Å². The second-order valence-corrected chi connectivity index (χ2v) is 8.96. The number of rotatable bonds is 6. The molecule has 1 saturated heterocycles. The molecule has 7 nitrogen and oxygen atoms in total. The first-order valence-electron chi connectivity index (χ1n) is 10.8. The molecule has 1 fully saturated rings. The molecular weight excluding hydrogens is 512 g/mol. The number of methoxy groups -OCH3 is 1. The Morgan fingerprint density at radius 1 is 0.943 bits per heavy atom. The Morgan fingerprint density at radius 2 is 1.69 bits per heavy atom. The Labute approximate surface area is 211 Å². The van der Waals surface area contributed by atoms with Crippen LogP contribution in [0.25, 0.3) is 6.08 Å². The van der Waals surface area contributed by atoms with Gasteiger partial charge < -0.3 is 9.47 Å². The van der Waals surface area contributed by atoms with Crippen molar-refractivity contribution in [3.05, 3.63) is 93.0 Å². The number of hydrogen-bond acceptors (Lipinski definition) is 5. The van der Waals surface area contributed by atoms with Gasteiger partial charge in [-0.1, -0.05) is 34.1 Å². The van der Waals surface area contributed by atoms with Crippen molar-refractivity contribution in [2.24, 2.45) is 0 Å². The van der Waals surface area contributed by atoms with Crippen LogP contribution in [0.4, 0.5) is 10.5 Å². The predicted octanol–water partition coefficient (Wildman–Crippen LogP) is 5.32. The van der Waals surface area contributed by atoms with Crippen LogP contribution in [0.2, 0.25) is 0 Å². The van der Waals surface area contributed by atoms with Crippen LogP contribution in [-0.4, -0.2) is 25.0 Å². The van der Waals surface area contributed by atoms with E-state index in [4.69, 9.17) is 9.47 Å². The number of nitrogens with one attached hydrogen (secondary N) is 1. The smallest absolute Gasteiger partial charge is 0.335 e. The first-order chi connectivity index (χ1) is 16.8. The maximum atomic E-state index is 13.2. The van der Waals surface area contributed by atoms with Crippen LogP contribution in [0.15, 0.2) is 70.7 Å². The van der Waals surface area contributed by atoms with E-state index in [0.29, 0.717) is 29.4 Å². The van der Waals surface area contributed by atoms with E-state index >= 15 is 0 Å². The molecule has 0 radical (unpaired) electrons. The summed E-state index contributed by atoms with van der Waals surface area (Å²) < 4.78 is 11.9. The zero-order chi connectivity index (χ0) is 25.1. The molecule has 0 spiro atoms. The van der Waals surface area contributed by atoms with Gasteiger partial charge in [0.05, 0.1) is 12.8 Å². The number of aryl methyl sites for hydroxylation is 2. The fourth-order valence-corrected chi connectivity index (χ4v) is 3.98. The SMILES string of the molecule is COc1ccc(N2C(=O)NC(=O)/C(=C\c3cc(Br)ccc3OCc3ccc(C)c(C)c3)C2=O)cc1. The summed E-state index contributed by atoms with van der Waals surface area (Å²) in [5, 5.41) is 2.24. The van der Waals surface area contributed by atoms with Gasteiger partial charge in [0.1, 0.15) is 23.7 Å². The molecule has 0 saturated carbocycles. The Balaban J connectivity index is 1.65. The van der Waals surface area contributed by atoms with Crippen molar-refractivity contribution in [3.63, 3.8) is 0 Å². The summed E-state index contributed by atoms with van der Waals surface area (Å²) in [6.07, 6.45) is 1.43. The Kier molecular flexibility index (Phi) is 7.02. The third-order valence-electron chi connectivity index (χ3n) is 5.67. The standard InChI is InChI=1S/C27H23BrN2O5/c1-16-4-5-18(12-17(16)2)15-35-24-11-6-20(28)13-19(24)14-23-25(31)29-27(33)30(26(23)32)21-7-9-22(34-3)10-8-21/h4-14H,15H2,1-3H3,(H,29,31,33)/b23-14+. The lowest BCUT2D eigenvalue weighted by Crippen LogP contribution is -2.54. The van der Waals surface area contributed by atoms with E-state index in [1.807, 2.05) is 32.0 Å². The summed E-state index contributed by atoms with van der Waals surface area (Å²) >= 11 is 3.43. The summed E-state index contributed by atoms with van der Waals surface area (Å²) in [7, 11) is 1.52. The van der Waals surface area contributed by atoms with Gasteiger partial charge in [-0.3, -0.25) is 14.9 Å². The lowest BCUT2D eigenvalue weighted by molar-refractivity contribution is -0.122. The molecule has 0 aliphatic carbocycles. The lowest BCUT2D eigenvalue weighted by atomic mass is 10.1. The average Bonchev–Trinajstić information content (AvgIpc) is 2.83. The number of anilines is 1. The highest BCUT2D eigenvalue weighted by Gasteiger charge is 2.37. The predicted molar refractivity (Wildman–Crippen MR) is 136 cm³/mol. The molecule has 3 aromatic carbocycles. The van der Waals surface area contributed by atoms with Crippen molar-refractivity contribution < 1.29 is 23.9 Å². The van der Waals surface area contributed by atoms with E-state index in [-0.39, 0.29) is 5.57 Å². The van der Waals surface area contributed by atoms with Gasteiger partial charge in [0.2, 0.25) is 0 Å². The number of halogens is 1. The van der Waals surface area contributed by atoms with E-state index in [1.54, 1.807) is 36.4 Å². The third kappa shape index (κ3) is 5.27. The second-order valence-electron chi connectivity index (χ2n) is 8.05. The molecule has 3 aromatic rings. The van der Waals surface area contributed by atoms with Crippen molar-refractivity contribution >= 4 is 45.5 Å². The summed E-state index contributed by atoms with van der Waals surface area (Å²) in [5.74, 6) is -0.438. The highest BCUT2D eigenvalue weighted by atomic mass is 79.9. The van der Waals surface area contributed by atoms with Crippen molar-refractivity contribution in [1.82, 2.24) is 5.32 Å². The molecule has 0 unspecified atom stereocenters. The maximum absolute atomic E-state index is 13.2. The minimum atomic E-state index is -0.817. The number of carbonyl (C=O) groups is 3. The molecule has 178 valence electrons. The fraction of sp³-hybridized carbons (Fsp3) is 0.148. The molecule has 0 atom stereocenters. The highest BCUT2D eigenvalue weighted by molar-refractivity contribution is 9.10. The largest absolute Gasteiger partial charge is 0.497 e. The third-order valence-corrected chi connectivity index (χ3v) is 6.16. The Bertz CT molecular complexity index is 1350. The van der Waals surface area contributed by atoms with Crippen molar-refractivity contribution in [2.75, 3.05) is 12.0 Å². The first-order valence-corrected chi connectivity index (χ1v) is 11.6. The molecule has 4 amide bonds. The molecular formula is C27H23BrN2O5. The van der Waals surface area contributed by atoms with Gasteiger partial charge in [-0.05, 0) is 79.1 Å². The van der Waals surface area contributed by atoms with Crippen LogP contribution in [0.3, 0.4) is 0 Å². The quantitative estimate of drug-likeness (QED) is 0.341. The molecule has 1 aliphatic rings. The van der Waals surface area contributed by atoms with Gasteiger partial charge in [0.15, 0.2) is 0 Å². The molecule has 35 heavy (non-hydrogen) atoms. The van der Waals surface area contributed by atoms with E-state index in [1.165, 1.54) is 18.7 Å². The zero-order valence-corrected chi connectivity index (χ0v) is 21.0. The van der Waals surface area contributed by atoms with Gasteiger partial charge >= 0.3 is 6.03 Å². The first kappa shape index (κ1) is 24.2. The topological polar surface area (TPSA) is 84.9 Å². The van der Waals surface area contributed by atoms with Crippen molar-refractivity contribution in [2.45, 2.75) is 20.5 Å². The average molecular weight is 535 g/mol. The fourth-order valence-electron chi connectivity index (χ4n) is 3.60. The van der Waals surface area contributed by atoms with Gasteiger partial charge in [0, 0.05) is 10.0 Å². The van der Waals surface area contributed by atoms with Crippen molar-refractivity contribution in [3.8, 4) is 11.5 Å². The number of urea groups is 1. The number of ether oxygens (including phenoxy) is 2. The van der Waals surface area contributed by atoms with Gasteiger partial charge in [0.25, 0.3) is 11.8 Å². The number of imide groups is 2. The van der Waals surface area contributed by atoms with Crippen molar-refractivity contribution in [1.29, 1.82) is 0 Å². The van der Waals surface area contributed by atoms with Gasteiger partial charge in [-0.2, -0.15) is 0 Å². The van der Waals surface area contributed by atoms with Crippen LogP contribution in [0.1, 0.15) is 22.3 Å². The number of carbonyl (C=O) groups excluding carboxylic acids is 3. The number of nitrogens with zero attached hydrogens (tertiary/aromatic N) is 1. The number of hydrogen-bond donors (Lipinski definition) is 1. The molecule has 8 heteroatoms. The lowest BCUT2D eigenvalue weighted by Gasteiger charge is -2.26. The van der Waals surface area contributed by atoms with E-state index in [9.17, 15) is 14.4 Å². The summed E-state index contributed by atoms with van der Waals surface area (Å²) in [6, 6.07) is 17.0. The number of amides is 4.